The van der Waals surface area contributed by atoms with E-state index >= 15 is 0 Å². The zero-order chi connectivity index (χ0) is 15.2. The van der Waals surface area contributed by atoms with Gasteiger partial charge in [0.1, 0.15) is 0 Å². The number of methoxy groups -OCH3 is 1. The van der Waals surface area contributed by atoms with Crippen molar-refractivity contribution in [1.29, 1.82) is 0 Å². The number of aromatic nitrogens is 1. The molecule has 1 heterocycles. The quantitative estimate of drug-likeness (QED) is 0.667. The Morgan fingerprint density at radius 1 is 1.24 bits per heavy atom. The van der Waals surface area contributed by atoms with E-state index in [0.717, 1.165) is 0 Å². The number of aromatic hydroxyl groups is 1. The fraction of sp³-hybridized carbons (Fsp3) is 0.133. The van der Waals surface area contributed by atoms with Crippen LogP contribution in [0.5, 0.6) is 11.5 Å². The van der Waals surface area contributed by atoms with Crippen LogP contribution in [0.25, 0.3) is 0 Å². The third kappa shape index (κ3) is 3.56. The largest absolute Gasteiger partial charge is 0.504 e. The van der Waals surface area contributed by atoms with E-state index in [9.17, 15) is 14.7 Å². The summed E-state index contributed by atoms with van der Waals surface area (Å²) in [4.78, 5) is 27.4. The van der Waals surface area contributed by atoms with Gasteiger partial charge in [-0.05, 0) is 30.3 Å². The lowest BCUT2D eigenvalue weighted by Gasteiger charge is -2.07. The van der Waals surface area contributed by atoms with Gasteiger partial charge in [0.2, 0.25) is 0 Å². The number of Topliss-reactive ketones (excluding diaryl/α,β-unsaturated/α-hetero) is 1. The Hall–Kier alpha value is -2.89. The lowest BCUT2D eigenvalue weighted by molar-refractivity contribution is 0.0474. The minimum Gasteiger partial charge on any atom is -0.504 e. The van der Waals surface area contributed by atoms with E-state index in [1.165, 1.54) is 37.7 Å². The summed E-state index contributed by atoms with van der Waals surface area (Å²) in [7, 11) is 1.38. The first kappa shape index (κ1) is 14.5. The normalized spacial score (nSPS) is 9.95. The minimum atomic E-state index is -0.623. The van der Waals surface area contributed by atoms with Crippen molar-refractivity contribution in [3.63, 3.8) is 0 Å². The van der Waals surface area contributed by atoms with Gasteiger partial charge in [0.05, 0.1) is 12.7 Å². The summed E-state index contributed by atoms with van der Waals surface area (Å²) in [6, 6.07) is 7.30. The van der Waals surface area contributed by atoms with Crippen LogP contribution < -0.4 is 4.74 Å². The Bertz CT molecular complexity index is 654. The zero-order valence-electron chi connectivity index (χ0n) is 11.3. The van der Waals surface area contributed by atoms with Gasteiger partial charge < -0.3 is 14.6 Å². The summed E-state index contributed by atoms with van der Waals surface area (Å²) in [6.45, 7) is -0.401. The molecule has 2 aromatic rings. The monoisotopic (exact) mass is 287 g/mol. The fourth-order valence-electron chi connectivity index (χ4n) is 1.63. The van der Waals surface area contributed by atoms with Crippen molar-refractivity contribution in [2.45, 2.75) is 0 Å². The van der Waals surface area contributed by atoms with Crippen LogP contribution in [-0.4, -0.2) is 35.6 Å². The predicted molar refractivity (Wildman–Crippen MR) is 73.5 cm³/mol. The van der Waals surface area contributed by atoms with Crippen LogP contribution >= 0.6 is 0 Å². The highest BCUT2D eigenvalue weighted by Gasteiger charge is 2.13. The van der Waals surface area contributed by atoms with Crippen molar-refractivity contribution < 1.29 is 24.2 Å². The van der Waals surface area contributed by atoms with Crippen molar-refractivity contribution in [2.24, 2.45) is 0 Å². The number of nitrogens with zero attached hydrogens (tertiary/aromatic N) is 1. The van der Waals surface area contributed by atoms with Gasteiger partial charge in [-0.3, -0.25) is 9.78 Å². The molecule has 0 aliphatic rings. The molecule has 0 fully saturated rings. The van der Waals surface area contributed by atoms with E-state index in [0.29, 0.717) is 0 Å². The van der Waals surface area contributed by atoms with Crippen molar-refractivity contribution >= 4 is 11.8 Å². The number of hydrogen-bond donors (Lipinski definition) is 1. The van der Waals surface area contributed by atoms with E-state index in [4.69, 9.17) is 9.47 Å². The SMILES string of the molecule is COc1cc(C(=O)COC(=O)c2cccnc2)ccc1O. The summed E-state index contributed by atoms with van der Waals surface area (Å²) >= 11 is 0. The Labute approximate surface area is 121 Å². The standard InChI is InChI=1S/C15H13NO5/c1-20-14-7-10(4-5-12(14)17)13(18)9-21-15(19)11-3-2-6-16-8-11/h2-8,17H,9H2,1H3. The number of phenolic OH excluding ortho intramolecular Hbond substituents is 1. The highest BCUT2D eigenvalue weighted by Crippen LogP contribution is 2.26. The Morgan fingerprint density at radius 2 is 2.05 bits per heavy atom. The van der Waals surface area contributed by atoms with Gasteiger partial charge in [-0.15, -0.1) is 0 Å². The van der Waals surface area contributed by atoms with Crippen LogP contribution in [0.1, 0.15) is 20.7 Å². The summed E-state index contributed by atoms with van der Waals surface area (Å²) < 4.78 is 9.83. The van der Waals surface area contributed by atoms with Crippen molar-refractivity contribution in [2.75, 3.05) is 13.7 Å². The summed E-state index contributed by atoms with van der Waals surface area (Å²) in [5, 5.41) is 9.45. The van der Waals surface area contributed by atoms with E-state index in [2.05, 4.69) is 4.98 Å². The van der Waals surface area contributed by atoms with Crippen LogP contribution in [-0.2, 0) is 4.74 Å². The Kier molecular flexibility index (Phi) is 4.50. The number of phenols is 1. The first-order chi connectivity index (χ1) is 10.1. The van der Waals surface area contributed by atoms with Gasteiger partial charge in [0.25, 0.3) is 0 Å². The molecule has 0 unspecified atom stereocenters. The van der Waals surface area contributed by atoms with E-state index in [-0.39, 0.29) is 22.6 Å². The lowest BCUT2D eigenvalue weighted by Crippen LogP contribution is -2.14. The zero-order valence-corrected chi connectivity index (χ0v) is 11.3. The molecule has 1 aromatic carbocycles. The summed E-state index contributed by atoms with van der Waals surface area (Å²) in [5.74, 6) is -0.909. The molecule has 2 rings (SSSR count). The second-order valence-corrected chi connectivity index (χ2v) is 4.13. The van der Waals surface area contributed by atoms with Gasteiger partial charge in [0, 0.05) is 18.0 Å². The average molecular weight is 287 g/mol. The van der Waals surface area contributed by atoms with Gasteiger partial charge in [0.15, 0.2) is 23.9 Å². The smallest absolute Gasteiger partial charge is 0.340 e. The third-order valence-electron chi connectivity index (χ3n) is 2.73. The number of ether oxygens (including phenoxy) is 2. The molecule has 0 amide bonds. The molecule has 108 valence electrons. The molecule has 6 heteroatoms. The number of esters is 1. The van der Waals surface area contributed by atoms with Crippen LogP contribution in [0.3, 0.4) is 0 Å². The molecular weight excluding hydrogens is 274 g/mol. The van der Waals surface area contributed by atoms with Crippen molar-refractivity contribution in [1.82, 2.24) is 4.98 Å². The molecule has 0 aliphatic heterocycles. The number of carbonyl (C=O) groups is 2. The predicted octanol–water partition coefficient (Wildman–Crippen LogP) is 1.84. The second-order valence-electron chi connectivity index (χ2n) is 4.13. The van der Waals surface area contributed by atoms with Gasteiger partial charge in [-0.2, -0.15) is 0 Å². The topological polar surface area (TPSA) is 85.7 Å². The lowest BCUT2D eigenvalue weighted by atomic mass is 10.1. The minimum absolute atomic E-state index is 0.0681. The third-order valence-corrected chi connectivity index (χ3v) is 2.73. The van der Waals surface area contributed by atoms with Gasteiger partial charge >= 0.3 is 5.97 Å². The molecular formula is C15H13NO5. The second kappa shape index (κ2) is 6.51. The van der Waals surface area contributed by atoms with Crippen molar-refractivity contribution in [3.8, 4) is 11.5 Å². The maximum Gasteiger partial charge on any atom is 0.340 e. The van der Waals surface area contributed by atoms with Crippen LogP contribution in [0.2, 0.25) is 0 Å². The van der Waals surface area contributed by atoms with Crippen LogP contribution in [0.4, 0.5) is 0 Å². The van der Waals surface area contributed by atoms with E-state index in [1.54, 1.807) is 12.1 Å². The Morgan fingerprint density at radius 3 is 2.71 bits per heavy atom. The van der Waals surface area contributed by atoms with E-state index in [1.807, 2.05) is 0 Å². The molecule has 0 atom stereocenters. The fourth-order valence-corrected chi connectivity index (χ4v) is 1.63. The number of hydrogen-bond acceptors (Lipinski definition) is 6. The van der Waals surface area contributed by atoms with Crippen molar-refractivity contribution in [3.05, 3.63) is 53.9 Å². The summed E-state index contributed by atoms with van der Waals surface area (Å²) in [5.41, 5.74) is 0.553. The highest BCUT2D eigenvalue weighted by molar-refractivity contribution is 5.99. The first-order valence-electron chi connectivity index (χ1n) is 6.09. The molecule has 0 bridgehead atoms. The molecule has 0 spiro atoms. The average Bonchev–Trinajstić information content (AvgIpc) is 2.53. The number of ketones is 1. The van der Waals surface area contributed by atoms with Gasteiger partial charge in [-0.25, -0.2) is 4.79 Å². The maximum absolute atomic E-state index is 11.9. The number of pyridine rings is 1. The molecule has 0 aliphatic carbocycles. The molecule has 21 heavy (non-hydrogen) atoms. The van der Waals surface area contributed by atoms with Crippen LogP contribution in [0, 0.1) is 0 Å². The Balaban J connectivity index is 2.00. The molecule has 0 saturated carbocycles. The molecule has 6 nitrogen and oxygen atoms in total. The molecule has 1 N–H and O–H groups in total. The number of benzene rings is 1. The van der Waals surface area contributed by atoms with Crippen LogP contribution in [0.15, 0.2) is 42.7 Å². The highest BCUT2D eigenvalue weighted by atomic mass is 16.5. The maximum atomic E-state index is 11.9. The first-order valence-corrected chi connectivity index (χ1v) is 6.09. The van der Waals surface area contributed by atoms with Gasteiger partial charge in [-0.1, -0.05) is 0 Å². The molecule has 0 saturated heterocycles. The molecule has 1 aromatic heterocycles. The number of carbonyl (C=O) groups excluding carboxylic acids is 2. The molecule has 0 radical (unpaired) electrons. The summed E-state index contributed by atoms with van der Waals surface area (Å²) in [6.07, 6.45) is 2.89. The number of rotatable bonds is 5. The van der Waals surface area contributed by atoms with E-state index < -0.39 is 18.4 Å².